The molecule has 0 aliphatic carbocycles. The molecule has 0 aliphatic rings. The number of rotatable bonds is 6. The van der Waals surface area contributed by atoms with Gasteiger partial charge in [0.15, 0.2) is 5.82 Å². The Balaban J connectivity index is 1.81. The van der Waals surface area contributed by atoms with Gasteiger partial charge in [-0.1, -0.05) is 34.1 Å². The number of non-ortho nitro benzene ring substituents is 1. The summed E-state index contributed by atoms with van der Waals surface area (Å²) in [4.78, 5) is 14.1. The summed E-state index contributed by atoms with van der Waals surface area (Å²) in [6.45, 7) is 0.0185. The predicted molar refractivity (Wildman–Crippen MR) is 96.6 cm³/mol. The highest BCUT2D eigenvalue weighted by Gasteiger charge is 2.19. The molecule has 3 aromatic rings. The molecule has 134 valence electrons. The molecular formula is C15H12BrN5O4S. The van der Waals surface area contributed by atoms with Gasteiger partial charge in [0.05, 0.1) is 9.82 Å². The largest absolute Gasteiger partial charge is 0.271 e. The van der Waals surface area contributed by atoms with Crippen molar-refractivity contribution in [1.82, 2.24) is 19.9 Å². The molecule has 0 aliphatic heterocycles. The van der Waals surface area contributed by atoms with Gasteiger partial charge in [0.2, 0.25) is 10.0 Å². The number of aromatic nitrogens is 3. The Morgan fingerprint density at radius 2 is 2.04 bits per heavy atom. The Morgan fingerprint density at radius 3 is 2.73 bits per heavy atom. The van der Waals surface area contributed by atoms with Crippen LogP contribution in [0.2, 0.25) is 0 Å². The van der Waals surface area contributed by atoms with Gasteiger partial charge in [-0.3, -0.25) is 15.2 Å². The SMILES string of the molecule is O=[N+]([O-])c1cc(Br)cc(S(=O)(=O)NCc2cccc(-c3ncn[nH]3)c2)c1. The maximum Gasteiger partial charge on any atom is 0.271 e. The first-order chi connectivity index (χ1) is 12.3. The predicted octanol–water partition coefficient (Wildman–Crippen LogP) is 2.62. The van der Waals surface area contributed by atoms with Crippen molar-refractivity contribution in [3.05, 3.63) is 68.9 Å². The molecule has 0 amide bonds. The molecule has 0 bridgehead atoms. The van der Waals surface area contributed by atoms with E-state index < -0.39 is 14.9 Å². The summed E-state index contributed by atoms with van der Waals surface area (Å²) < 4.78 is 27.7. The van der Waals surface area contributed by atoms with Crippen LogP contribution in [-0.2, 0) is 16.6 Å². The van der Waals surface area contributed by atoms with Crippen LogP contribution >= 0.6 is 15.9 Å². The second-order valence-electron chi connectivity index (χ2n) is 5.26. The van der Waals surface area contributed by atoms with E-state index in [0.717, 1.165) is 11.6 Å². The van der Waals surface area contributed by atoms with Gasteiger partial charge in [0.1, 0.15) is 6.33 Å². The summed E-state index contributed by atoms with van der Waals surface area (Å²) in [6.07, 6.45) is 1.38. The van der Waals surface area contributed by atoms with Gasteiger partial charge in [-0.25, -0.2) is 18.1 Å². The summed E-state index contributed by atoms with van der Waals surface area (Å²) in [5.74, 6) is 0.567. The van der Waals surface area contributed by atoms with Crippen molar-refractivity contribution in [3.63, 3.8) is 0 Å². The molecule has 2 aromatic carbocycles. The average Bonchev–Trinajstić information content (AvgIpc) is 3.14. The Hall–Kier alpha value is -2.63. The van der Waals surface area contributed by atoms with Gasteiger partial charge in [-0.2, -0.15) is 5.10 Å². The van der Waals surface area contributed by atoms with E-state index in [1.165, 1.54) is 18.5 Å². The lowest BCUT2D eigenvalue weighted by molar-refractivity contribution is -0.385. The fourth-order valence-corrected chi connectivity index (χ4v) is 3.96. The standard InChI is InChI=1S/C15H12BrN5O4S/c16-12-5-13(21(22)23)7-14(6-12)26(24,25)19-8-10-2-1-3-11(4-10)15-17-9-18-20-15/h1-7,9,19H,8H2,(H,17,18,20). The van der Waals surface area contributed by atoms with E-state index in [0.29, 0.717) is 15.9 Å². The number of nitrogens with zero attached hydrogens (tertiary/aromatic N) is 3. The fourth-order valence-electron chi connectivity index (χ4n) is 2.24. The number of nitro benzene ring substituents is 1. The van der Waals surface area contributed by atoms with Crippen LogP contribution in [0.4, 0.5) is 5.69 Å². The van der Waals surface area contributed by atoms with E-state index in [9.17, 15) is 18.5 Å². The van der Waals surface area contributed by atoms with Gasteiger partial charge in [-0.15, -0.1) is 0 Å². The van der Waals surface area contributed by atoms with E-state index in [1.54, 1.807) is 18.2 Å². The van der Waals surface area contributed by atoms with E-state index in [1.807, 2.05) is 6.07 Å². The molecule has 0 spiro atoms. The minimum atomic E-state index is -3.92. The molecule has 3 rings (SSSR count). The van der Waals surface area contributed by atoms with Crippen molar-refractivity contribution in [3.8, 4) is 11.4 Å². The van der Waals surface area contributed by atoms with Crippen molar-refractivity contribution >= 4 is 31.6 Å². The highest BCUT2D eigenvalue weighted by atomic mass is 79.9. The number of sulfonamides is 1. The number of H-pyrrole nitrogens is 1. The molecule has 0 unspecified atom stereocenters. The zero-order valence-corrected chi connectivity index (χ0v) is 15.5. The molecule has 1 heterocycles. The van der Waals surface area contributed by atoms with Gasteiger partial charge in [0, 0.05) is 28.7 Å². The smallest absolute Gasteiger partial charge is 0.259 e. The summed E-state index contributed by atoms with van der Waals surface area (Å²) >= 11 is 3.09. The highest BCUT2D eigenvalue weighted by molar-refractivity contribution is 9.10. The Morgan fingerprint density at radius 1 is 1.23 bits per heavy atom. The zero-order chi connectivity index (χ0) is 18.7. The molecule has 0 radical (unpaired) electrons. The third-order valence-corrected chi connectivity index (χ3v) is 5.30. The Bertz CT molecular complexity index is 1050. The van der Waals surface area contributed by atoms with Crippen LogP contribution in [0, 0.1) is 10.1 Å². The molecule has 26 heavy (non-hydrogen) atoms. The number of hydrogen-bond donors (Lipinski definition) is 2. The van der Waals surface area contributed by atoms with E-state index in [4.69, 9.17) is 0 Å². The van der Waals surface area contributed by atoms with E-state index in [-0.39, 0.29) is 17.1 Å². The first kappa shape index (κ1) is 18.2. The molecule has 0 saturated heterocycles. The first-order valence-electron chi connectivity index (χ1n) is 7.24. The fraction of sp³-hybridized carbons (Fsp3) is 0.0667. The molecule has 11 heteroatoms. The Labute approximate surface area is 156 Å². The number of halogens is 1. The van der Waals surface area contributed by atoms with Crippen LogP contribution in [-0.4, -0.2) is 28.5 Å². The number of aromatic amines is 1. The van der Waals surface area contributed by atoms with Crippen molar-refractivity contribution < 1.29 is 13.3 Å². The van der Waals surface area contributed by atoms with E-state index >= 15 is 0 Å². The van der Waals surface area contributed by atoms with E-state index in [2.05, 4.69) is 35.8 Å². The molecule has 1 aromatic heterocycles. The normalized spacial score (nSPS) is 11.4. The average molecular weight is 438 g/mol. The van der Waals surface area contributed by atoms with Crippen LogP contribution in [0.1, 0.15) is 5.56 Å². The monoisotopic (exact) mass is 437 g/mol. The number of hydrogen-bond acceptors (Lipinski definition) is 6. The number of benzene rings is 2. The lowest BCUT2D eigenvalue weighted by Gasteiger charge is -2.08. The van der Waals surface area contributed by atoms with Crippen LogP contribution in [0.5, 0.6) is 0 Å². The van der Waals surface area contributed by atoms with Crippen LogP contribution in [0.25, 0.3) is 11.4 Å². The molecular weight excluding hydrogens is 426 g/mol. The molecule has 9 nitrogen and oxygen atoms in total. The third-order valence-electron chi connectivity index (χ3n) is 3.46. The zero-order valence-electron chi connectivity index (χ0n) is 13.1. The van der Waals surface area contributed by atoms with Gasteiger partial charge in [-0.05, 0) is 17.7 Å². The van der Waals surface area contributed by atoms with Crippen LogP contribution in [0.3, 0.4) is 0 Å². The number of nitro groups is 1. The first-order valence-corrected chi connectivity index (χ1v) is 9.52. The second kappa shape index (κ2) is 7.32. The molecule has 0 saturated carbocycles. The van der Waals surface area contributed by atoms with Crippen molar-refractivity contribution in [1.29, 1.82) is 0 Å². The quantitative estimate of drug-likeness (QED) is 0.449. The topological polar surface area (TPSA) is 131 Å². The van der Waals surface area contributed by atoms with Crippen molar-refractivity contribution in [2.75, 3.05) is 0 Å². The minimum Gasteiger partial charge on any atom is -0.259 e. The molecule has 0 atom stereocenters. The number of nitrogens with one attached hydrogen (secondary N) is 2. The molecule has 0 fully saturated rings. The molecule has 2 N–H and O–H groups in total. The second-order valence-corrected chi connectivity index (χ2v) is 7.94. The lowest BCUT2D eigenvalue weighted by atomic mass is 10.1. The maximum absolute atomic E-state index is 12.5. The summed E-state index contributed by atoms with van der Waals surface area (Å²) in [6, 6.07) is 10.7. The van der Waals surface area contributed by atoms with Gasteiger partial charge < -0.3 is 0 Å². The maximum atomic E-state index is 12.5. The van der Waals surface area contributed by atoms with Crippen molar-refractivity contribution in [2.24, 2.45) is 0 Å². The van der Waals surface area contributed by atoms with Gasteiger partial charge >= 0.3 is 0 Å². The third kappa shape index (κ3) is 4.12. The summed E-state index contributed by atoms with van der Waals surface area (Å²) in [7, 11) is -3.92. The lowest BCUT2D eigenvalue weighted by Crippen LogP contribution is -2.23. The Kier molecular flexibility index (Phi) is 5.11. The van der Waals surface area contributed by atoms with Crippen LogP contribution < -0.4 is 4.72 Å². The van der Waals surface area contributed by atoms with Crippen LogP contribution in [0.15, 0.2) is 58.2 Å². The summed E-state index contributed by atoms with van der Waals surface area (Å²) in [5, 5.41) is 17.4. The van der Waals surface area contributed by atoms with Gasteiger partial charge in [0.25, 0.3) is 5.69 Å². The minimum absolute atomic E-state index is 0.0185. The summed E-state index contributed by atoms with van der Waals surface area (Å²) in [5.41, 5.74) is 1.15. The highest BCUT2D eigenvalue weighted by Crippen LogP contribution is 2.24. The van der Waals surface area contributed by atoms with Crippen molar-refractivity contribution in [2.45, 2.75) is 11.4 Å².